The normalized spacial score (nSPS) is 32.1. The number of nitrogens with one attached hydrogen (secondary N) is 1. The van der Waals surface area contributed by atoms with E-state index in [9.17, 15) is 15.0 Å². The number of hydrogen-bond donors (Lipinski definition) is 4. The summed E-state index contributed by atoms with van der Waals surface area (Å²) in [6, 6.07) is 0. The van der Waals surface area contributed by atoms with E-state index in [-0.39, 0.29) is 24.3 Å². The van der Waals surface area contributed by atoms with Crippen LogP contribution in [0, 0.1) is 17.8 Å². The average Bonchev–Trinajstić information content (AvgIpc) is 2.85. The predicted molar refractivity (Wildman–Crippen MR) is 88.7 cm³/mol. The van der Waals surface area contributed by atoms with Crippen LogP contribution in [0.15, 0.2) is 0 Å². The lowest BCUT2D eigenvalue weighted by molar-refractivity contribution is -0.121. The van der Waals surface area contributed by atoms with Crippen LogP contribution in [0.1, 0.15) is 64.2 Å². The maximum Gasteiger partial charge on any atom is 0.220 e. The predicted octanol–water partition coefficient (Wildman–Crippen LogP) is 1.59. The Hall–Kier alpha value is -0.650. The third-order valence-electron chi connectivity index (χ3n) is 5.71. The van der Waals surface area contributed by atoms with Gasteiger partial charge in [0, 0.05) is 31.4 Å². The van der Waals surface area contributed by atoms with Crippen molar-refractivity contribution in [2.75, 3.05) is 13.2 Å². The molecule has 134 valence electrons. The van der Waals surface area contributed by atoms with Gasteiger partial charge in [-0.3, -0.25) is 4.79 Å². The van der Waals surface area contributed by atoms with Crippen molar-refractivity contribution in [2.24, 2.45) is 17.8 Å². The van der Waals surface area contributed by atoms with E-state index in [1.165, 1.54) is 38.5 Å². The van der Waals surface area contributed by atoms with Crippen molar-refractivity contribution in [1.82, 2.24) is 5.32 Å². The smallest absolute Gasteiger partial charge is 0.220 e. The zero-order valence-electron chi connectivity index (χ0n) is 14.1. The Kier molecular flexibility index (Phi) is 7.80. The van der Waals surface area contributed by atoms with E-state index in [2.05, 4.69) is 5.32 Å². The molecule has 0 radical (unpaired) electrons. The third kappa shape index (κ3) is 5.73. The molecule has 2 aliphatic carbocycles. The van der Waals surface area contributed by atoms with Gasteiger partial charge in [-0.25, -0.2) is 0 Å². The van der Waals surface area contributed by atoms with Gasteiger partial charge in [-0.1, -0.05) is 44.9 Å². The molecular formula is C18H33NO4. The molecule has 0 saturated heterocycles. The summed E-state index contributed by atoms with van der Waals surface area (Å²) >= 11 is 0. The van der Waals surface area contributed by atoms with Crippen molar-refractivity contribution >= 4 is 5.91 Å². The third-order valence-corrected chi connectivity index (χ3v) is 5.71. The fourth-order valence-corrected chi connectivity index (χ4v) is 4.14. The van der Waals surface area contributed by atoms with E-state index in [0.717, 1.165) is 18.8 Å². The van der Waals surface area contributed by atoms with Gasteiger partial charge in [-0.05, 0) is 18.8 Å². The number of amides is 1. The van der Waals surface area contributed by atoms with Crippen LogP contribution < -0.4 is 5.32 Å². The van der Waals surface area contributed by atoms with E-state index in [4.69, 9.17) is 5.11 Å². The molecule has 0 aromatic heterocycles. The maximum atomic E-state index is 11.9. The highest BCUT2D eigenvalue weighted by Crippen LogP contribution is 2.31. The van der Waals surface area contributed by atoms with E-state index >= 15 is 0 Å². The molecular weight excluding hydrogens is 294 g/mol. The summed E-state index contributed by atoms with van der Waals surface area (Å²) in [5.41, 5.74) is 0. The van der Waals surface area contributed by atoms with Gasteiger partial charge in [0.1, 0.15) is 0 Å². The van der Waals surface area contributed by atoms with Gasteiger partial charge in [0.05, 0.1) is 12.2 Å². The van der Waals surface area contributed by atoms with Crippen LogP contribution in [0.5, 0.6) is 0 Å². The zero-order chi connectivity index (χ0) is 16.7. The van der Waals surface area contributed by atoms with Crippen molar-refractivity contribution < 1.29 is 20.1 Å². The average molecular weight is 327 g/mol. The highest BCUT2D eigenvalue weighted by atomic mass is 16.3. The molecule has 5 heteroatoms. The molecule has 2 rings (SSSR count). The molecule has 2 saturated carbocycles. The van der Waals surface area contributed by atoms with Crippen LogP contribution in [0.4, 0.5) is 0 Å². The van der Waals surface area contributed by atoms with Crippen LogP contribution in [0.3, 0.4) is 0 Å². The van der Waals surface area contributed by atoms with Crippen LogP contribution in [0.25, 0.3) is 0 Å². The molecule has 0 unspecified atom stereocenters. The van der Waals surface area contributed by atoms with Gasteiger partial charge in [0.15, 0.2) is 0 Å². The molecule has 1 amide bonds. The number of carbonyl (C=O) groups excluding carboxylic acids is 1. The largest absolute Gasteiger partial charge is 0.396 e. The van der Waals surface area contributed by atoms with Gasteiger partial charge in [0.2, 0.25) is 5.91 Å². The molecule has 5 nitrogen and oxygen atoms in total. The first-order chi connectivity index (χ1) is 11.1. The first-order valence-corrected chi connectivity index (χ1v) is 9.35. The zero-order valence-corrected chi connectivity index (χ0v) is 14.1. The Labute approximate surface area is 139 Å². The summed E-state index contributed by atoms with van der Waals surface area (Å²) in [5.74, 6) is 0.468. The lowest BCUT2D eigenvalue weighted by atomic mass is 9.85. The van der Waals surface area contributed by atoms with E-state index in [1.807, 2.05) is 0 Å². The minimum atomic E-state index is -0.877. The number of unbranched alkanes of at least 4 members (excludes halogenated alkanes) is 1. The lowest BCUT2D eigenvalue weighted by Gasteiger charge is -2.21. The van der Waals surface area contributed by atoms with Crippen molar-refractivity contribution in [3.05, 3.63) is 0 Å². The van der Waals surface area contributed by atoms with Crippen molar-refractivity contribution in [1.29, 1.82) is 0 Å². The van der Waals surface area contributed by atoms with Gasteiger partial charge < -0.3 is 20.6 Å². The molecule has 0 aliphatic heterocycles. The Morgan fingerprint density at radius 1 is 1.00 bits per heavy atom. The Balaban J connectivity index is 1.54. The number of rotatable bonds is 8. The first-order valence-electron chi connectivity index (χ1n) is 9.35. The Bertz CT molecular complexity index is 357. The number of hydrogen-bond acceptors (Lipinski definition) is 4. The van der Waals surface area contributed by atoms with Crippen LogP contribution in [-0.4, -0.2) is 46.6 Å². The summed E-state index contributed by atoms with van der Waals surface area (Å²) in [7, 11) is 0. The molecule has 4 N–H and O–H groups in total. The van der Waals surface area contributed by atoms with Crippen LogP contribution in [-0.2, 0) is 4.79 Å². The first kappa shape index (κ1) is 18.7. The second-order valence-corrected chi connectivity index (χ2v) is 7.47. The standard InChI is InChI=1S/C18H33NO4/c20-12-15-10-14(17(22)18(15)23)11-19-16(21)9-5-4-8-13-6-2-1-3-7-13/h13-15,17-18,20,22-23H,1-12H2,(H,19,21)/t14-,15-,17-,18+/m1/s1. The molecule has 0 spiro atoms. The minimum absolute atomic E-state index is 0.0304. The summed E-state index contributed by atoms with van der Waals surface area (Å²) < 4.78 is 0. The molecule has 2 aliphatic rings. The van der Waals surface area contributed by atoms with Crippen molar-refractivity contribution in [2.45, 2.75) is 76.4 Å². The fraction of sp³-hybridized carbons (Fsp3) is 0.944. The molecule has 0 heterocycles. The van der Waals surface area contributed by atoms with E-state index < -0.39 is 12.2 Å². The summed E-state index contributed by atoms with van der Waals surface area (Å²) in [6.07, 6.45) is 9.52. The summed E-state index contributed by atoms with van der Waals surface area (Å²) in [5, 5.41) is 31.7. The molecule has 0 bridgehead atoms. The summed E-state index contributed by atoms with van der Waals surface area (Å²) in [4.78, 5) is 11.9. The van der Waals surface area contributed by atoms with E-state index in [1.54, 1.807) is 0 Å². The SMILES string of the molecule is O=C(CCCCC1CCCCC1)NC[C@H]1C[C@H](CO)[C@H](O)[C@@H]1O. The fourth-order valence-electron chi connectivity index (χ4n) is 4.14. The second kappa shape index (κ2) is 9.60. The second-order valence-electron chi connectivity index (χ2n) is 7.47. The van der Waals surface area contributed by atoms with Gasteiger partial charge in [0.25, 0.3) is 0 Å². The van der Waals surface area contributed by atoms with Gasteiger partial charge >= 0.3 is 0 Å². The van der Waals surface area contributed by atoms with Crippen LogP contribution in [0.2, 0.25) is 0 Å². The van der Waals surface area contributed by atoms with E-state index in [0.29, 0.717) is 19.4 Å². The topological polar surface area (TPSA) is 89.8 Å². The molecule has 23 heavy (non-hydrogen) atoms. The van der Waals surface area contributed by atoms with Gasteiger partial charge in [-0.2, -0.15) is 0 Å². The number of carbonyl (C=O) groups is 1. The highest BCUT2D eigenvalue weighted by Gasteiger charge is 2.40. The van der Waals surface area contributed by atoms with Crippen molar-refractivity contribution in [3.8, 4) is 0 Å². The lowest BCUT2D eigenvalue weighted by Crippen LogP contribution is -2.35. The number of aliphatic hydroxyl groups excluding tert-OH is 3. The highest BCUT2D eigenvalue weighted by molar-refractivity contribution is 5.75. The minimum Gasteiger partial charge on any atom is -0.396 e. The molecule has 0 aromatic rings. The van der Waals surface area contributed by atoms with Gasteiger partial charge in [-0.15, -0.1) is 0 Å². The Morgan fingerprint density at radius 3 is 2.35 bits per heavy atom. The summed E-state index contributed by atoms with van der Waals surface area (Å²) in [6.45, 7) is 0.264. The number of aliphatic hydroxyl groups is 3. The molecule has 2 fully saturated rings. The molecule has 0 aromatic carbocycles. The monoisotopic (exact) mass is 327 g/mol. The quantitative estimate of drug-likeness (QED) is 0.510. The molecule has 4 atom stereocenters. The Morgan fingerprint density at radius 2 is 1.70 bits per heavy atom. The van der Waals surface area contributed by atoms with Crippen molar-refractivity contribution in [3.63, 3.8) is 0 Å². The maximum absolute atomic E-state index is 11.9. The van der Waals surface area contributed by atoms with Crippen LogP contribution >= 0.6 is 0 Å².